The second-order valence-corrected chi connectivity index (χ2v) is 7.98. The third-order valence-corrected chi connectivity index (χ3v) is 5.93. The smallest absolute Gasteiger partial charge is 0.336 e. The van der Waals surface area contributed by atoms with E-state index in [0.717, 1.165) is 15.7 Å². The van der Waals surface area contributed by atoms with E-state index in [-0.39, 0.29) is 18.0 Å². The molecule has 2 aromatic carbocycles. The van der Waals surface area contributed by atoms with Crippen LogP contribution in [0, 0.1) is 6.92 Å². The number of nitrogens with one attached hydrogen (secondary N) is 1. The molecule has 1 N–H and O–H groups in total. The van der Waals surface area contributed by atoms with E-state index >= 15 is 0 Å². The lowest BCUT2D eigenvalue weighted by atomic mass is 10.2. The average Bonchev–Trinajstić information content (AvgIpc) is 3.27. The fraction of sp³-hybridized carbons (Fsp3) is 0.174. The molecule has 2 heterocycles. The second kappa shape index (κ2) is 8.61. The minimum absolute atomic E-state index is 0.192. The first-order valence-corrected chi connectivity index (χ1v) is 10.6. The van der Waals surface area contributed by atoms with Gasteiger partial charge >= 0.3 is 5.69 Å². The van der Waals surface area contributed by atoms with Crippen molar-refractivity contribution in [1.29, 1.82) is 0 Å². The Bertz CT molecular complexity index is 1380. The summed E-state index contributed by atoms with van der Waals surface area (Å²) in [7, 11) is 1.58. The molecule has 0 fully saturated rings. The SMILES string of the molecule is COc1cccc(CNC(=O)Cn2c(=O)n(-c3ccccc3C)c(=O)c3sccc32)c1. The van der Waals surface area contributed by atoms with Crippen LogP contribution in [0.4, 0.5) is 0 Å². The zero-order chi connectivity index (χ0) is 22.0. The number of aryl methyl sites for hydroxylation is 1. The van der Waals surface area contributed by atoms with Gasteiger partial charge in [-0.3, -0.25) is 14.2 Å². The van der Waals surface area contributed by atoms with Gasteiger partial charge in [0.2, 0.25) is 5.91 Å². The fourth-order valence-electron chi connectivity index (χ4n) is 3.45. The molecule has 0 aliphatic heterocycles. The molecule has 7 nitrogen and oxygen atoms in total. The number of hydrogen-bond acceptors (Lipinski definition) is 5. The van der Waals surface area contributed by atoms with Gasteiger partial charge in [0.15, 0.2) is 0 Å². The van der Waals surface area contributed by atoms with Crippen molar-refractivity contribution in [1.82, 2.24) is 14.5 Å². The number of thiophene rings is 1. The summed E-state index contributed by atoms with van der Waals surface area (Å²) < 4.78 is 8.12. The van der Waals surface area contributed by atoms with Crippen molar-refractivity contribution in [2.75, 3.05) is 7.11 Å². The summed E-state index contributed by atoms with van der Waals surface area (Å²) in [6.45, 7) is 1.95. The highest BCUT2D eigenvalue weighted by Crippen LogP contribution is 2.18. The molecule has 31 heavy (non-hydrogen) atoms. The van der Waals surface area contributed by atoms with E-state index in [1.165, 1.54) is 15.9 Å². The zero-order valence-electron chi connectivity index (χ0n) is 17.1. The average molecular weight is 436 g/mol. The summed E-state index contributed by atoms with van der Waals surface area (Å²) in [5, 5.41) is 4.58. The predicted molar refractivity (Wildman–Crippen MR) is 121 cm³/mol. The molecule has 4 rings (SSSR count). The van der Waals surface area contributed by atoms with Crippen LogP contribution in [-0.4, -0.2) is 22.2 Å². The molecular weight excluding hydrogens is 414 g/mol. The van der Waals surface area contributed by atoms with Crippen LogP contribution >= 0.6 is 11.3 Å². The molecule has 0 saturated heterocycles. The monoisotopic (exact) mass is 435 g/mol. The number of benzene rings is 2. The molecule has 0 atom stereocenters. The maximum Gasteiger partial charge on any atom is 0.336 e. The van der Waals surface area contributed by atoms with Crippen LogP contribution in [0.3, 0.4) is 0 Å². The van der Waals surface area contributed by atoms with E-state index in [4.69, 9.17) is 4.74 Å². The van der Waals surface area contributed by atoms with Gasteiger partial charge in [-0.1, -0.05) is 30.3 Å². The number of nitrogens with zero attached hydrogens (tertiary/aromatic N) is 2. The summed E-state index contributed by atoms with van der Waals surface area (Å²) in [6.07, 6.45) is 0. The summed E-state index contributed by atoms with van der Waals surface area (Å²) in [6, 6.07) is 16.3. The number of ether oxygens (including phenoxy) is 1. The van der Waals surface area contributed by atoms with Gasteiger partial charge in [0.05, 0.1) is 18.3 Å². The number of amides is 1. The predicted octanol–water partition coefficient (Wildman–Crippen LogP) is 2.85. The number of methoxy groups -OCH3 is 1. The lowest BCUT2D eigenvalue weighted by molar-refractivity contribution is -0.121. The molecule has 0 aliphatic rings. The highest BCUT2D eigenvalue weighted by Gasteiger charge is 2.18. The Morgan fingerprint density at radius 3 is 2.68 bits per heavy atom. The Kier molecular flexibility index (Phi) is 5.73. The van der Waals surface area contributed by atoms with E-state index in [1.54, 1.807) is 30.7 Å². The molecule has 0 saturated carbocycles. The quantitative estimate of drug-likeness (QED) is 0.505. The fourth-order valence-corrected chi connectivity index (χ4v) is 4.27. The van der Waals surface area contributed by atoms with Crippen molar-refractivity contribution in [2.45, 2.75) is 20.0 Å². The zero-order valence-corrected chi connectivity index (χ0v) is 17.9. The number of fused-ring (bicyclic) bond motifs is 1. The Hall–Kier alpha value is -3.65. The van der Waals surface area contributed by atoms with Gasteiger partial charge in [0.25, 0.3) is 5.56 Å². The molecule has 1 amide bonds. The molecule has 158 valence electrons. The van der Waals surface area contributed by atoms with Crippen LogP contribution < -0.4 is 21.3 Å². The third-order valence-electron chi connectivity index (χ3n) is 5.04. The number of carbonyl (C=O) groups excluding carboxylic acids is 1. The van der Waals surface area contributed by atoms with Crippen LogP contribution in [0.25, 0.3) is 15.9 Å². The number of hydrogen-bond donors (Lipinski definition) is 1. The highest BCUT2D eigenvalue weighted by atomic mass is 32.1. The maximum atomic E-state index is 13.3. The normalized spacial score (nSPS) is 10.9. The van der Waals surface area contributed by atoms with E-state index in [0.29, 0.717) is 28.2 Å². The highest BCUT2D eigenvalue weighted by molar-refractivity contribution is 7.17. The first-order chi connectivity index (χ1) is 15.0. The number of aromatic nitrogens is 2. The molecule has 0 spiro atoms. The van der Waals surface area contributed by atoms with Crippen LogP contribution in [0.1, 0.15) is 11.1 Å². The molecule has 0 radical (unpaired) electrons. The molecule has 0 bridgehead atoms. The van der Waals surface area contributed by atoms with E-state index < -0.39 is 5.69 Å². The van der Waals surface area contributed by atoms with E-state index in [9.17, 15) is 14.4 Å². The van der Waals surface area contributed by atoms with Crippen molar-refractivity contribution < 1.29 is 9.53 Å². The maximum absolute atomic E-state index is 13.3. The summed E-state index contributed by atoms with van der Waals surface area (Å²) in [5.74, 6) is 0.376. The molecule has 4 aromatic rings. The van der Waals surface area contributed by atoms with Crippen LogP contribution in [0.5, 0.6) is 5.75 Å². The minimum atomic E-state index is -0.540. The van der Waals surface area contributed by atoms with Gasteiger partial charge in [0.1, 0.15) is 17.0 Å². The minimum Gasteiger partial charge on any atom is -0.497 e. The Balaban J connectivity index is 1.68. The topological polar surface area (TPSA) is 82.3 Å². The largest absolute Gasteiger partial charge is 0.497 e. The Labute approximate surface area is 182 Å². The lowest BCUT2D eigenvalue weighted by Gasteiger charge is -2.14. The summed E-state index contributed by atoms with van der Waals surface area (Å²) >= 11 is 1.25. The molecular formula is C23H21N3O4S. The van der Waals surface area contributed by atoms with Crippen molar-refractivity contribution in [2.24, 2.45) is 0 Å². The van der Waals surface area contributed by atoms with Gasteiger partial charge in [-0.15, -0.1) is 11.3 Å². The van der Waals surface area contributed by atoms with Gasteiger partial charge in [-0.05, 0) is 47.7 Å². The lowest BCUT2D eigenvalue weighted by Crippen LogP contribution is -2.41. The van der Waals surface area contributed by atoms with Crippen LogP contribution in [-0.2, 0) is 17.9 Å². The first kappa shape index (κ1) is 20.6. The number of para-hydroxylation sites is 1. The van der Waals surface area contributed by atoms with Crippen molar-refractivity contribution in [3.05, 3.63) is 91.9 Å². The molecule has 2 aromatic heterocycles. The summed E-state index contributed by atoms with van der Waals surface area (Å²) in [4.78, 5) is 39.0. The third kappa shape index (κ3) is 4.02. The molecule has 0 aliphatic carbocycles. The van der Waals surface area contributed by atoms with Crippen LogP contribution in [0.2, 0.25) is 0 Å². The van der Waals surface area contributed by atoms with Crippen molar-refractivity contribution in [3.63, 3.8) is 0 Å². The Morgan fingerprint density at radius 2 is 1.90 bits per heavy atom. The summed E-state index contributed by atoms with van der Waals surface area (Å²) in [5.41, 5.74) is 1.73. The van der Waals surface area contributed by atoms with Gasteiger partial charge in [-0.25, -0.2) is 9.36 Å². The van der Waals surface area contributed by atoms with Gasteiger partial charge < -0.3 is 10.1 Å². The number of rotatable bonds is 6. The number of carbonyl (C=O) groups is 1. The van der Waals surface area contributed by atoms with Crippen LogP contribution in [0.15, 0.2) is 69.6 Å². The Morgan fingerprint density at radius 1 is 1.10 bits per heavy atom. The van der Waals surface area contributed by atoms with E-state index in [2.05, 4.69) is 5.32 Å². The van der Waals surface area contributed by atoms with E-state index in [1.807, 2.05) is 43.3 Å². The standard InChI is InChI=1S/C23H21N3O4S/c1-15-6-3-4-9-18(15)26-22(28)21-19(10-11-31-21)25(23(26)29)14-20(27)24-13-16-7-5-8-17(12-16)30-2/h3-12H,13-14H2,1-2H3,(H,24,27). The van der Waals surface area contributed by atoms with Crippen molar-refractivity contribution in [3.8, 4) is 11.4 Å². The van der Waals surface area contributed by atoms with Gasteiger partial charge in [0, 0.05) is 6.54 Å². The first-order valence-electron chi connectivity index (χ1n) is 9.68. The van der Waals surface area contributed by atoms with Gasteiger partial charge in [-0.2, -0.15) is 0 Å². The second-order valence-electron chi connectivity index (χ2n) is 7.06. The molecule has 0 unspecified atom stereocenters. The van der Waals surface area contributed by atoms with Crippen molar-refractivity contribution >= 4 is 27.5 Å². The molecule has 8 heteroatoms.